The lowest BCUT2D eigenvalue weighted by molar-refractivity contribution is 0.0696. The third-order valence-corrected chi connectivity index (χ3v) is 6.51. The molecule has 0 unspecified atom stereocenters. The molecule has 150 valence electrons. The van der Waals surface area contributed by atoms with E-state index in [0.29, 0.717) is 22.0 Å². The van der Waals surface area contributed by atoms with E-state index >= 15 is 0 Å². The van der Waals surface area contributed by atoms with Gasteiger partial charge < -0.3 is 14.7 Å². The highest BCUT2D eigenvalue weighted by molar-refractivity contribution is 7.15. The Hall–Kier alpha value is -3.63. The van der Waals surface area contributed by atoms with Crippen molar-refractivity contribution in [3.05, 3.63) is 69.1 Å². The summed E-state index contributed by atoms with van der Waals surface area (Å²) in [5.41, 5.74) is 5.83. The minimum Gasteiger partial charge on any atom is -0.478 e. The predicted octanol–water partition coefficient (Wildman–Crippen LogP) is 5.41. The number of fused-ring (bicyclic) bond motifs is 1. The lowest BCUT2D eigenvalue weighted by atomic mass is 10.1. The fourth-order valence-electron chi connectivity index (χ4n) is 3.65. The molecule has 3 aromatic heterocycles. The number of carboxylic acid groups (broad SMARTS) is 1. The Balaban J connectivity index is 1.85. The number of nitriles is 1. The minimum atomic E-state index is -0.934. The number of aromatic carboxylic acids is 1. The topological polar surface area (TPSA) is 94.7 Å². The maximum Gasteiger partial charge on any atom is 0.339 e. The Morgan fingerprint density at radius 1 is 1.27 bits per heavy atom. The van der Waals surface area contributed by atoms with Crippen molar-refractivity contribution in [1.29, 1.82) is 5.26 Å². The molecular formula is C23H20N4O2S. The molecule has 4 rings (SSSR count). The molecule has 0 atom stereocenters. The molecule has 0 saturated heterocycles. The van der Waals surface area contributed by atoms with Gasteiger partial charge in [0.25, 0.3) is 0 Å². The van der Waals surface area contributed by atoms with E-state index in [1.807, 2.05) is 62.6 Å². The first-order chi connectivity index (χ1) is 14.3. The van der Waals surface area contributed by atoms with Gasteiger partial charge in [-0.2, -0.15) is 5.26 Å². The van der Waals surface area contributed by atoms with E-state index in [4.69, 9.17) is 0 Å². The van der Waals surface area contributed by atoms with E-state index < -0.39 is 5.97 Å². The summed E-state index contributed by atoms with van der Waals surface area (Å²) < 4.78 is 1.95. The van der Waals surface area contributed by atoms with Gasteiger partial charge in [0, 0.05) is 16.3 Å². The molecule has 6 nitrogen and oxygen atoms in total. The molecule has 2 N–H and O–H groups in total. The Morgan fingerprint density at radius 3 is 2.67 bits per heavy atom. The molecule has 0 spiro atoms. The van der Waals surface area contributed by atoms with Crippen LogP contribution < -0.4 is 0 Å². The number of thiophene rings is 1. The minimum absolute atomic E-state index is 0.327. The summed E-state index contributed by atoms with van der Waals surface area (Å²) in [6, 6.07) is 11.8. The highest BCUT2D eigenvalue weighted by Gasteiger charge is 2.23. The summed E-state index contributed by atoms with van der Waals surface area (Å²) in [7, 11) is 0. The third-order valence-electron chi connectivity index (χ3n) is 5.32. The van der Waals surface area contributed by atoms with Gasteiger partial charge in [0.2, 0.25) is 0 Å². The number of hydrogen-bond acceptors (Lipinski definition) is 4. The van der Waals surface area contributed by atoms with Gasteiger partial charge in [-0.05, 0) is 63.1 Å². The first kappa shape index (κ1) is 19.7. The Kier molecular flexibility index (Phi) is 4.80. The van der Waals surface area contributed by atoms with Gasteiger partial charge in [-0.3, -0.25) is 0 Å². The van der Waals surface area contributed by atoms with Gasteiger partial charge in [0.1, 0.15) is 16.9 Å². The van der Waals surface area contributed by atoms with Gasteiger partial charge in [-0.1, -0.05) is 12.1 Å². The van der Waals surface area contributed by atoms with E-state index in [1.165, 1.54) is 11.3 Å². The molecule has 0 aliphatic heterocycles. The number of para-hydroxylation sites is 2. The zero-order valence-electron chi connectivity index (χ0n) is 17.1. The smallest absolute Gasteiger partial charge is 0.339 e. The molecule has 0 amide bonds. The summed E-state index contributed by atoms with van der Waals surface area (Å²) >= 11 is 1.47. The number of nitrogens with one attached hydrogen (secondary N) is 1. The molecule has 0 radical (unpaired) electrons. The van der Waals surface area contributed by atoms with Crippen molar-refractivity contribution >= 4 is 40.0 Å². The van der Waals surface area contributed by atoms with Crippen LogP contribution in [0.2, 0.25) is 0 Å². The maximum absolute atomic E-state index is 11.9. The molecule has 0 fully saturated rings. The number of H-pyrrole nitrogens is 1. The molecule has 0 bridgehead atoms. The van der Waals surface area contributed by atoms with E-state index in [1.54, 1.807) is 6.08 Å². The van der Waals surface area contributed by atoms with Crippen molar-refractivity contribution in [3.63, 3.8) is 0 Å². The SMILES string of the molecule is Cc1sc(-n2c(C)cc(C=C(C#N)c3nc4ccccc4[nH]3)c2C)c(C(=O)O)c1C. The van der Waals surface area contributed by atoms with Crippen LogP contribution in [0.5, 0.6) is 0 Å². The van der Waals surface area contributed by atoms with Crippen LogP contribution in [0, 0.1) is 39.0 Å². The number of carbonyl (C=O) groups is 1. The Bertz CT molecular complexity index is 1350. The summed E-state index contributed by atoms with van der Waals surface area (Å²) in [4.78, 5) is 20.6. The number of aromatic nitrogens is 3. The lowest BCUT2D eigenvalue weighted by Crippen LogP contribution is -2.06. The van der Waals surface area contributed by atoms with Gasteiger partial charge >= 0.3 is 5.97 Å². The fraction of sp³-hybridized carbons (Fsp3) is 0.174. The number of benzene rings is 1. The molecule has 0 aliphatic carbocycles. The first-order valence-corrected chi connectivity index (χ1v) is 10.2. The highest BCUT2D eigenvalue weighted by Crippen LogP contribution is 2.34. The molecule has 0 aliphatic rings. The normalized spacial score (nSPS) is 11.8. The maximum atomic E-state index is 11.9. The number of rotatable bonds is 4. The van der Waals surface area contributed by atoms with Gasteiger partial charge in [0.05, 0.1) is 22.2 Å². The Morgan fingerprint density at radius 2 is 2.00 bits per heavy atom. The average Bonchev–Trinajstić information content (AvgIpc) is 3.34. The van der Waals surface area contributed by atoms with Crippen LogP contribution in [-0.2, 0) is 0 Å². The third kappa shape index (κ3) is 3.11. The summed E-state index contributed by atoms with van der Waals surface area (Å²) in [6.45, 7) is 7.64. The number of aromatic amines is 1. The molecular weight excluding hydrogens is 396 g/mol. The number of allylic oxidation sites excluding steroid dienone is 1. The van der Waals surface area contributed by atoms with Crippen LogP contribution in [-0.4, -0.2) is 25.6 Å². The quantitative estimate of drug-likeness (QED) is 0.435. The molecule has 4 aromatic rings. The standard InChI is InChI=1S/C23H20N4O2S/c1-12-9-16(10-17(11-24)21-25-18-7-5-6-8-19(18)26-21)14(3)27(12)22-20(23(28)29)13(2)15(4)30-22/h5-10H,1-4H3,(H,25,26)(H,28,29). The van der Waals surface area contributed by atoms with E-state index in [9.17, 15) is 15.2 Å². The van der Waals surface area contributed by atoms with Crippen molar-refractivity contribution in [1.82, 2.24) is 14.5 Å². The summed E-state index contributed by atoms with van der Waals surface area (Å²) in [5.74, 6) is -0.422. The van der Waals surface area contributed by atoms with E-state index in [0.717, 1.165) is 38.4 Å². The van der Waals surface area contributed by atoms with Gasteiger partial charge in [-0.15, -0.1) is 11.3 Å². The summed E-state index contributed by atoms with van der Waals surface area (Å²) in [6.07, 6.45) is 1.80. The second-order valence-electron chi connectivity index (χ2n) is 7.20. The molecule has 7 heteroatoms. The van der Waals surface area contributed by atoms with Crippen LogP contribution in [0.15, 0.2) is 30.3 Å². The van der Waals surface area contributed by atoms with Crippen molar-refractivity contribution < 1.29 is 9.90 Å². The number of aryl methyl sites for hydroxylation is 2. The number of carboxylic acids is 1. The van der Waals surface area contributed by atoms with Crippen LogP contribution >= 0.6 is 11.3 Å². The molecule has 0 saturated carbocycles. The predicted molar refractivity (Wildman–Crippen MR) is 119 cm³/mol. The van der Waals surface area contributed by atoms with Gasteiger partial charge in [0.15, 0.2) is 0 Å². The number of nitrogens with zero attached hydrogens (tertiary/aromatic N) is 3. The summed E-state index contributed by atoms with van der Waals surface area (Å²) in [5, 5.41) is 20.2. The zero-order valence-corrected chi connectivity index (χ0v) is 17.9. The fourth-order valence-corrected chi connectivity index (χ4v) is 4.91. The Labute approximate surface area is 177 Å². The van der Waals surface area contributed by atoms with Crippen LogP contribution in [0.25, 0.3) is 27.7 Å². The average molecular weight is 417 g/mol. The van der Waals surface area contributed by atoms with E-state index in [2.05, 4.69) is 16.0 Å². The second kappa shape index (κ2) is 7.32. The molecule has 30 heavy (non-hydrogen) atoms. The largest absolute Gasteiger partial charge is 0.478 e. The lowest BCUT2D eigenvalue weighted by Gasteiger charge is -2.09. The zero-order chi connectivity index (χ0) is 21.6. The monoisotopic (exact) mass is 416 g/mol. The number of imidazole rings is 1. The van der Waals surface area contributed by atoms with Crippen LogP contribution in [0.3, 0.4) is 0 Å². The van der Waals surface area contributed by atoms with Crippen LogP contribution in [0.4, 0.5) is 0 Å². The van der Waals surface area contributed by atoms with Crippen molar-refractivity contribution in [2.24, 2.45) is 0 Å². The molecule has 3 heterocycles. The first-order valence-electron chi connectivity index (χ1n) is 9.41. The molecule has 1 aromatic carbocycles. The van der Waals surface area contributed by atoms with E-state index in [-0.39, 0.29) is 0 Å². The second-order valence-corrected chi connectivity index (χ2v) is 8.41. The van der Waals surface area contributed by atoms with Crippen LogP contribution in [0.1, 0.15) is 43.6 Å². The van der Waals surface area contributed by atoms with Crippen molar-refractivity contribution in [2.45, 2.75) is 27.7 Å². The van der Waals surface area contributed by atoms with Gasteiger partial charge in [-0.25, -0.2) is 9.78 Å². The van der Waals surface area contributed by atoms with Crippen molar-refractivity contribution in [2.75, 3.05) is 0 Å². The number of hydrogen-bond donors (Lipinski definition) is 2. The van der Waals surface area contributed by atoms with Crippen molar-refractivity contribution in [3.8, 4) is 11.1 Å². The highest BCUT2D eigenvalue weighted by atomic mass is 32.1.